The van der Waals surface area contributed by atoms with E-state index in [4.69, 9.17) is 14.6 Å². The molecule has 3 saturated carbocycles. The smallest absolute Gasteiger partial charge is 0.408 e. The molecule has 5 atom stereocenters. The topological polar surface area (TPSA) is 184 Å². The number of aliphatic carboxylic acids is 1. The van der Waals surface area contributed by atoms with E-state index in [1.54, 1.807) is 27.9 Å². The molecule has 3 aliphatic heterocycles. The van der Waals surface area contributed by atoms with E-state index in [-0.39, 0.29) is 42.4 Å². The number of fused-ring (bicyclic) bond motifs is 2. The van der Waals surface area contributed by atoms with Crippen LogP contribution < -0.4 is 21.5 Å². The minimum absolute atomic E-state index is 0.0201. The first-order chi connectivity index (χ1) is 27.8. The van der Waals surface area contributed by atoms with Crippen LogP contribution in [-0.4, -0.2) is 117 Å². The summed E-state index contributed by atoms with van der Waals surface area (Å²) in [6, 6.07) is -2.18. The maximum atomic E-state index is 15.0. The van der Waals surface area contributed by atoms with Gasteiger partial charge in [-0.15, -0.1) is 0 Å². The molecule has 15 heteroatoms. The number of carbonyl (C=O) groups excluding carboxylic acids is 3. The summed E-state index contributed by atoms with van der Waals surface area (Å²) in [5, 5.41) is 24.3. The summed E-state index contributed by atoms with van der Waals surface area (Å²) in [7, 11) is 1.76. The summed E-state index contributed by atoms with van der Waals surface area (Å²) < 4.78 is 12.7. The summed E-state index contributed by atoms with van der Waals surface area (Å²) in [4.78, 5) is 73.8. The van der Waals surface area contributed by atoms with Gasteiger partial charge in [0.1, 0.15) is 23.2 Å². The third-order valence-corrected chi connectivity index (χ3v) is 14.1. The largest absolute Gasteiger partial charge is 0.479 e. The second-order valence-electron chi connectivity index (χ2n) is 19.1. The van der Waals surface area contributed by atoms with Crippen LogP contribution in [0, 0.1) is 5.92 Å². The number of alkyl carbamates (subject to hydrolysis) is 1. The number of amides is 3. The lowest BCUT2D eigenvalue weighted by Crippen LogP contribution is -2.56. The van der Waals surface area contributed by atoms with Gasteiger partial charge in [-0.1, -0.05) is 32.1 Å². The molecule has 15 nitrogen and oxygen atoms in total. The van der Waals surface area contributed by atoms with E-state index in [1.807, 2.05) is 6.20 Å². The van der Waals surface area contributed by atoms with Gasteiger partial charge in [-0.3, -0.25) is 19.3 Å². The second-order valence-corrected chi connectivity index (χ2v) is 19.1. The Hall–Kier alpha value is -3.56. The van der Waals surface area contributed by atoms with Crippen molar-refractivity contribution in [3.05, 3.63) is 27.7 Å². The van der Waals surface area contributed by atoms with Gasteiger partial charge in [0.25, 0.3) is 5.56 Å². The van der Waals surface area contributed by atoms with Crippen LogP contribution in [0.25, 0.3) is 0 Å². The van der Waals surface area contributed by atoms with Crippen molar-refractivity contribution < 1.29 is 33.8 Å². The predicted octanol–water partition coefficient (Wildman–Crippen LogP) is 4.54. The summed E-state index contributed by atoms with van der Waals surface area (Å²) in [6.07, 6.45) is 14.6. The fraction of sp³-hybridized carbons (Fsp3) is 0.814. The van der Waals surface area contributed by atoms with Gasteiger partial charge in [-0.25, -0.2) is 14.3 Å². The maximum Gasteiger partial charge on any atom is 0.408 e. The van der Waals surface area contributed by atoms with Crippen LogP contribution in [0.1, 0.15) is 159 Å². The number of nitrogens with zero attached hydrogens (tertiary/aromatic N) is 4. The van der Waals surface area contributed by atoms with E-state index >= 15 is 4.79 Å². The van der Waals surface area contributed by atoms with Gasteiger partial charge >= 0.3 is 12.1 Å². The molecule has 1 unspecified atom stereocenters. The number of nitrogens with one attached hydrogen (secondary N) is 3. The molecule has 3 aliphatic carbocycles. The molecule has 0 bridgehead atoms. The Labute approximate surface area is 342 Å². The lowest BCUT2D eigenvalue weighted by atomic mass is 9.75. The van der Waals surface area contributed by atoms with Crippen LogP contribution in [0.5, 0.6) is 0 Å². The number of ether oxygens (including phenoxy) is 2. The zero-order valence-electron chi connectivity index (χ0n) is 35.1. The molecule has 6 aliphatic rings. The highest BCUT2D eigenvalue weighted by molar-refractivity contribution is 5.95. The maximum absolute atomic E-state index is 15.0. The Morgan fingerprint density at radius 1 is 0.914 bits per heavy atom. The Balaban J connectivity index is 1.21. The van der Waals surface area contributed by atoms with Gasteiger partial charge in [-0.05, 0) is 115 Å². The normalized spacial score (nSPS) is 34.2. The molecule has 0 spiro atoms. The molecule has 1 aromatic heterocycles. The lowest BCUT2D eigenvalue weighted by Gasteiger charge is -2.36. The molecule has 3 saturated heterocycles. The van der Waals surface area contributed by atoms with Gasteiger partial charge in [0.2, 0.25) is 11.8 Å². The number of rotatable bonds is 7. The third-order valence-electron chi connectivity index (χ3n) is 14.1. The second kappa shape index (κ2) is 18.0. The Morgan fingerprint density at radius 2 is 1.60 bits per heavy atom. The van der Waals surface area contributed by atoms with E-state index in [0.717, 1.165) is 108 Å². The Kier molecular flexibility index (Phi) is 13.2. The monoisotopic (exact) mass is 810 g/mol. The average molecular weight is 810 g/mol. The molecule has 3 amide bonds. The number of carbonyl (C=O) groups is 4. The molecule has 4 heterocycles. The van der Waals surface area contributed by atoms with E-state index < -0.39 is 53.1 Å². The lowest BCUT2D eigenvalue weighted by molar-refractivity contribution is -0.146. The molecule has 322 valence electrons. The Morgan fingerprint density at radius 3 is 2.26 bits per heavy atom. The van der Waals surface area contributed by atoms with Gasteiger partial charge in [0.05, 0.1) is 18.3 Å². The van der Waals surface area contributed by atoms with Crippen molar-refractivity contribution in [1.82, 2.24) is 35.5 Å². The van der Waals surface area contributed by atoms with Gasteiger partial charge < -0.3 is 35.4 Å². The summed E-state index contributed by atoms with van der Waals surface area (Å²) in [5.74, 6) is -1.99. The quantitative estimate of drug-likeness (QED) is 0.303. The van der Waals surface area contributed by atoms with Crippen LogP contribution in [0.3, 0.4) is 0 Å². The molecule has 7 rings (SSSR count). The molecule has 0 radical (unpaired) electrons. The van der Waals surface area contributed by atoms with E-state index in [9.17, 15) is 24.3 Å². The van der Waals surface area contributed by atoms with Crippen LogP contribution in [0.2, 0.25) is 0 Å². The minimum atomic E-state index is -1.38. The first kappa shape index (κ1) is 42.6. The standard InChI is InChI=1S/C43H67N7O8/c1-42(2,3)58-41(56)46-34-11-9-7-5-6-8-10-29-23-43(29,40(54)55)47-37(51)35-22-31(25-49(35)38(34)52)50-39(53)36(28-12-16-30(17-13-28)48-21-20-44-26-48)33(24-45-50)27-14-18-32(57-4)19-15-27/h24,27-32,34-35,44H,5-23,25-26H2,1-4H3,(H,46,56)(H,47,51)(H,54,55)/t27?,28?,29-,30?,31+,32?,34-,35?,43+/m1/s1. The fourth-order valence-corrected chi connectivity index (χ4v) is 10.8. The van der Waals surface area contributed by atoms with E-state index in [2.05, 4.69) is 20.9 Å². The van der Waals surface area contributed by atoms with Crippen LogP contribution in [-0.2, 0) is 23.9 Å². The molecule has 6 fully saturated rings. The minimum Gasteiger partial charge on any atom is -0.479 e. The predicted molar refractivity (Wildman–Crippen MR) is 216 cm³/mol. The highest BCUT2D eigenvalue weighted by atomic mass is 16.6. The number of hydrogen-bond donors (Lipinski definition) is 4. The van der Waals surface area contributed by atoms with Crippen LogP contribution in [0.15, 0.2) is 11.0 Å². The summed E-state index contributed by atoms with van der Waals surface area (Å²) >= 11 is 0. The number of carboxylic acid groups (broad SMARTS) is 1. The third kappa shape index (κ3) is 9.41. The van der Waals surface area contributed by atoms with Crippen molar-refractivity contribution in [3.8, 4) is 0 Å². The van der Waals surface area contributed by atoms with Gasteiger partial charge in [0.15, 0.2) is 0 Å². The van der Waals surface area contributed by atoms with Crippen molar-refractivity contribution in [1.29, 1.82) is 0 Å². The van der Waals surface area contributed by atoms with Crippen molar-refractivity contribution >= 4 is 23.9 Å². The summed E-state index contributed by atoms with van der Waals surface area (Å²) in [6.45, 7) is 8.23. The number of methoxy groups -OCH3 is 1. The van der Waals surface area contributed by atoms with Gasteiger partial charge in [-0.2, -0.15) is 5.10 Å². The zero-order chi connectivity index (χ0) is 41.2. The van der Waals surface area contributed by atoms with Crippen LogP contribution >= 0.6 is 0 Å². The molecular weight excluding hydrogens is 743 g/mol. The molecule has 1 aromatic rings. The number of carboxylic acids is 1. The van der Waals surface area contributed by atoms with Crippen LogP contribution in [0.4, 0.5) is 4.79 Å². The number of aromatic nitrogens is 2. The van der Waals surface area contributed by atoms with Crippen molar-refractivity contribution in [2.45, 2.75) is 183 Å². The summed E-state index contributed by atoms with van der Waals surface area (Å²) in [5.41, 5.74) is -0.484. The fourth-order valence-electron chi connectivity index (χ4n) is 10.8. The Bertz CT molecular complexity index is 1710. The SMILES string of the molecule is COC1CCC(c2cnn([C@H]3CC4C(=O)N[C@@]5(C(=O)O)C[C@H]5CCCCCCC[C@@H](NC(=O)OC(C)(C)C)C(=O)N4C3)c(=O)c2C2CCC(N3CCNC3)CC2)CC1. The van der Waals surface area contributed by atoms with E-state index in [0.29, 0.717) is 31.7 Å². The molecule has 58 heavy (non-hydrogen) atoms. The van der Waals surface area contributed by atoms with Gasteiger partial charge in [0, 0.05) is 51.4 Å². The zero-order valence-corrected chi connectivity index (χ0v) is 35.1. The highest BCUT2D eigenvalue weighted by Gasteiger charge is 2.62. The highest BCUT2D eigenvalue weighted by Crippen LogP contribution is 2.48. The number of hydrogen-bond acceptors (Lipinski definition) is 10. The van der Waals surface area contributed by atoms with Crippen molar-refractivity contribution in [3.63, 3.8) is 0 Å². The first-order valence-electron chi connectivity index (χ1n) is 22.2. The average Bonchev–Trinajstić information content (AvgIpc) is 3.50. The van der Waals surface area contributed by atoms with E-state index in [1.165, 1.54) is 9.58 Å². The van der Waals surface area contributed by atoms with Crippen molar-refractivity contribution in [2.24, 2.45) is 5.92 Å². The van der Waals surface area contributed by atoms with Crippen molar-refractivity contribution in [2.75, 3.05) is 33.4 Å². The first-order valence-corrected chi connectivity index (χ1v) is 22.2. The molecule has 0 aromatic carbocycles. The molecule has 4 N–H and O–H groups in total. The molecular formula is C43H67N7O8.